The Hall–Kier alpha value is -2.21. The average Bonchev–Trinajstić information content (AvgIpc) is 2.80. The van der Waals surface area contributed by atoms with Gasteiger partial charge in [-0.3, -0.25) is 9.59 Å². The number of benzene rings is 1. The van der Waals surface area contributed by atoms with Crippen LogP contribution < -0.4 is 0 Å². The first kappa shape index (κ1) is 17.1. The number of carbonyl (C=O) groups excluding carboxylic acids is 3. The molecule has 6 heteroatoms. The Balaban J connectivity index is 1.86. The molecular weight excluding hydrogens is 298 g/mol. The van der Waals surface area contributed by atoms with Gasteiger partial charge in [0.1, 0.15) is 0 Å². The number of ether oxygens (including phenoxy) is 1. The fourth-order valence-electron chi connectivity index (χ4n) is 2.27. The van der Waals surface area contributed by atoms with E-state index in [1.165, 1.54) is 12.1 Å². The quantitative estimate of drug-likeness (QED) is 0.544. The first-order chi connectivity index (χ1) is 11.1. The number of carbonyl (C=O) groups is 3. The van der Waals surface area contributed by atoms with Crippen molar-refractivity contribution in [3.8, 4) is 0 Å². The number of hydrogen-bond donors (Lipinski definition) is 0. The first-order valence-electron chi connectivity index (χ1n) is 7.87. The normalized spacial score (nSPS) is 14.8. The van der Waals surface area contributed by atoms with Gasteiger partial charge in [0.05, 0.1) is 11.1 Å². The molecular formula is C17H21NO5. The van der Waals surface area contributed by atoms with Crippen LogP contribution in [0, 0.1) is 0 Å². The average molecular weight is 319 g/mol. The molecule has 0 aliphatic carbocycles. The molecule has 0 fully saturated rings. The molecule has 0 aromatic heterocycles. The van der Waals surface area contributed by atoms with Gasteiger partial charge in [0.2, 0.25) is 0 Å². The summed E-state index contributed by atoms with van der Waals surface area (Å²) in [6, 6.07) is 6.35. The van der Waals surface area contributed by atoms with Gasteiger partial charge in [-0.25, -0.2) is 4.79 Å². The van der Waals surface area contributed by atoms with Crippen molar-refractivity contribution in [2.75, 3.05) is 6.61 Å². The minimum atomic E-state index is -0.832. The van der Waals surface area contributed by atoms with E-state index in [0.717, 1.165) is 25.7 Å². The maximum atomic E-state index is 12.1. The molecule has 0 saturated heterocycles. The highest BCUT2D eigenvalue weighted by atomic mass is 16.7. The molecule has 0 radical (unpaired) electrons. The van der Waals surface area contributed by atoms with Gasteiger partial charge >= 0.3 is 5.97 Å². The summed E-state index contributed by atoms with van der Waals surface area (Å²) in [6.07, 6.45) is 3.31. The maximum Gasteiger partial charge on any atom is 0.361 e. The Morgan fingerprint density at radius 2 is 1.70 bits per heavy atom. The topological polar surface area (TPSA) is 72.9 Å². The fraction of sp³-hybridized carbons (Fsp3) is 0.471. The van der Waals surface area contributed by atoms with E-state index < -0.39 is 23.9 Å². The minimum Gasteiger partial charge on any atom is -0.367 e. The van der Waals surface area contributed by atoms with Crippen molar-refractivity contribution >= 4 is 17.8 Å². The monoisotopic (exact) mass is 319 g/mol. The lowest BCUT2D eigenvalue weighted by atomic mass is 10.1. The van der Waals surface area contributed by atoms with Crippen molar-refractivity contribution in [1.82, 2.24) is 5.06 Å². The van der Waals surface area contributed by atoms with Crippen molar-refractivity contribution in [3.05, 3.63) is 35.4 Å². The number of hydrogen-bond acceptors (Lipinski definition) is 5. The van der Waals surface area contributed by atoms with Gasteiger partial charge < -0.3 is 9.57 Å². The van der Waals surface area contributed by atoms with Crippen LogP contribution >= 0.6 is 0 Å². The smallest absolute Gasteiger partial charge is 0.361 e. The summed E-state index contributed by atoms with van der Waals surface area (Å²) < 4.78 is 5.38. The lowest BCUT2D eigenvalue weighted by Gasteiger charge is -2.16. The van der Waals surface area contributed by atoms with Gasteiger partial charge in [0, 0.05) is 6.61 Å². The highest BCUT2D eigenvalue weighted by Gasteiger charge is 2.39. The molecule has 1 aromatic carbocycles. The molecule has 2 amide bonds. The van der Waals surface area contributed by atoms with Crippen molar-refractivity contribution in [2.24, 2.45) is 0 Å². The van der Waals surface area contributed by atoms with Crippen molar-refractivity contribution in [3.63, 3.8) is 0 Å². The third-order valence-corrected chi connectivity index (χ3v) is 3.64. The Morgan fingerprint density at radius 3 is 2.26 bits per heavy atom. The van der Waals surface area contributed by atoms with E-state index in [2.05, 4.69) is 6.92 Å². The molecule has 1 aliphatic rings. The summed E-state index contributed by atoms with van der Waals surface area (Å²) in [6.45, 7) is 4.10. The summed E-state index contributed by atoms with van der Waals surface area (Å²) in [5.74, 6) is -2.02. The van der Waals surface area contributed by atoms with Gasteiger partial charge in [-0.15, -0.1) is 0 Å². The third kappa shape index (κ3) is 3.96. The predicted molar refractivity (Wildman–Crippen MR) is 82.6 cm³/mol. The number of amides is 2. The van der Waals surface area contributed by atoms with Gasteiger partial charge in [0.15, 0.2) is 6.10 Å². The van der Waals surface area contributed by atoms with Gasteiger partial charge in [-0.1, -0.05) is 43.4 Å². The van der Waals surface area contributed by atoms with Crippen LogP contribution in [0.3, 0.4) is 0 Å². The Labute approximate surface area is 135 Å². The maximum absolute atomic E-state index is 12.1. The summed E-state index contributed by atoms with van der Waals surface area (Å²) >= 11 is 0. The van der Waals surface area contributed by atoms with Crippen LogP contribution in [0.2, 0.25) is 0 Å². The summed E-state index contributed by atoms with van der Waals surface area (Å²) in [7, 11) is 0. The second-order valence-corrected chi connectivity index (χ2v) is 5.43. The van der Waals surface area contributed by atoms with Crippen LogP contribution in [0.15, 0.2) is 24.3 Å². The Kier molecular flexibility index (Phi) is 5.87. The lowest BCUT2D eigenvalue weighted by Crippen LogP contribution is -2.37. The van der Waals surface area contributed by atoms with Crippen LogP contribution in [-0.2, 0) is 14.4 Å². The van der Waals surface area contributed by atoms with E-state index in [4.69, 9.17) is 9.57 Å². The highest BCUT2D eigenvalue weighted by molar-refractivity contribution is 6.20. The van der Waals surface area contributed by atoms with Crippen LogP contribution in [0.4, 0.5) is 0 Å². The van der Waals surface area contributed by atoms with E-state index in [0.29, 0.717) is 11.7 Å². The molecule has 1 aliphatic heterocycles. The zero-order valence-corrected chi connectivity index (χ0v) is 13.4. The zero-order valence-electron chi connectivity index (χ0n) is 13.4. The lowest BCUT2D eigenvalue weighted by molar-refractivity contribution is -0.180. The number of imide groups is 1. The van der Waals surface area contributed by atoms with Crippen molar-refractivity contribution in [2.45, 2.75) is 45.6 Å². The fourth-order valence-corrected chi connectivity index (χ4v) is 2.27. The molecule has 1 aromatic rings. The van der Waals surface area contributed by atoms with E-state index in [1.54, 1.807) is 19.1 Å². The van der Waals surface area contributed by atoms with Gasteiger partial charge in [0.25, 0.3) is 11.8 Å². The standard InChI is InChI=1S/C17H21NO5/c1-3-4-5-8-11-22-12(2)17(21)23-18-15(19)13-9-6-7-10-14(13)16(18)20/h6-7,9-10,12H,3-5,8,11H2,1-2H3. The summed E-state index contributed by atoms with van der Waals surface area (Å²) in [5.41, 5.74) is 0.469. The Bertz CT molecular complexity index is 563. The molecule has 1 heterocycles. The largest absolute Gasteiger partial charge is 0.367 e. The molecule has 0 saturated carbocycles. The highest BCUT2D eigenvalue weighted by Crippen LogP contribution is 2.23. The van der Waals surface area contributed by atoms with Gasteiger partial charge in [-0.05, 0) is 25.5 Å². The molecule has 1 atom stereocenters. The number of rotatable bonds is 8. The first-order valence-corrected chi connectivity index (χ1v) is 7.87. The van der Waals surface area contributed by atoms with Crippen LogP contribution in [0.25, 0.3) is 0 Å². The molecule has 0 spiro atoms. The van der Waals surface area contributed by atoms with E-state index in [-0.39, 0.29) is 11.1 Å². The number of unbranched alkanes of at least 4 members (excludes halogenated alkanes) is 3. The molecule has 23 heavy (non-hydrogen) atoms. The van der Waals surface area contributed by atoms with Crippen molar-refractivity contribution in [1.29, 1.82) is 0 Å². The van der Waals surface area contributed by atoms with Crippen LogP contribution in [-0.4, -0.2) is 35.6 Å². The summed E-state index contributed by atoms with van der Waals surface area (Å²) in [4.78, 5) is 41.1. The molecule has 2 rings (SSSR count). The molecule has 0 N–H and O–H groups in total. The van der Waals surface area contributed by atoms with E-state index >= 15 is 0 Å². The van der Waals surface area contributed by atoms with E-state index in [1.807, 2.05) is 0 Å². The van der Waals surface area contributed by atoms with Crippen LogP contribution in [0.5, 0.6) is 0 Å². The summed E-state index contributed by atoms with van der Waals surface area (Å²) in [5, 5.41) is 0.504. The van der Waals surface area contributed by atoms with Crippen molar-refractivity contribution < 1.29 is 24.0 Å². The SMILES string of the molecule is CCCCCCOC(C)C(=O)ON1C(=O)c2ccccc2C1=O. The number of nitrogens with zero attached hydrogens (tertiary/aromatic N) is 1. The van der Waals surface area contributed by atoms with Crippen LogP contribution in [0.1, 0.15) is 60.2 Å². The second kappa shape index (κ2) is 7.87. The molecule has 124 valence electrons. The number of fused-ring (bicyclic) bond motifs is 1. The third-order valence-electron chi connectivity index (χ3n) is 3.64. The zero-order chi connectivity index (χ0) is 16.8. The van der Waals surface area contributed by atoms with Gasteiger partial charge in [-0.2, -0.15) is 0 Å². The number of hydroxylamine groups is 2. The second-order valence-electron chi connectivity index (χ2n) is 5.43. The Morgan fingerprint density at radius 1 is 1.09 bits per heavy atom. The predicted octanol–water partition coefficient (Wildman–Crippen LogP) is 2.73. The molecule has 1 unspecified atom stereocenters. The molecule has 6 nitrogen and oxygen atoms in total. The minimum absolute atomic E-state index is 0.235. The van der Waals surface area contributed by atoms with E-state index in [9.17, 15) is 14.4 Å². The molecule has 0 bridgehead atoms.